The van der Waals surface area contributed by atoms with Gasteiger partial charge >= 0.3 is 0 Å². The molecule has 11 heteroatoms. The Labute approximate surface area is 231 Å². The van der Waals surface area contributed by atoms with Gasteiger partial charge in [-0.2, -0.15) is 0 Å². The number of thiocarbonyl (C=S) groups is 1. The number of furan rings is 1. The number of methoxy groups -OCH3 is 1. The fraction of sp³-hybridized carbons (Fsp3) is 0.185. The summed E-state index contributed by atoms with van der Waals surface area (Å²) in [5.41, 5.74) is 3.63. The Hall–Kier alpha value is -3.60. The smallest absolute Gasteiger partial charge is 0.229 e. The molecule has 3 heterocycles. The van der Waals surface area contributed by atoms with Crippen molar-refractivity contribution in [3.63, 3.8) is 0 Å². The van der Waals surface area contributed by atoms with Gasteiger partial charge < -0.3 is 19.4 Å². The Bertz CT molecular complexity index is 1610. The van der Waals surface area contributed by atoms with E-state index < -0.39 is 16.1 Å². The van der Waals surface area contributed by atoms with Crippen LogP contribution in [0.2, 0.25) is 5.02 Å². The van der Waals surface area contributed by atoms with Crippen LogP contribution in [0.4, 0.5) is 11.4 Å². The Morgan fingerprint density at radius 3 is 2.66 bits per heavy atom. The molecule has 1 aliphatic heterocycles. The first kappa shape index (κ1) is 26.0. The lowest BCUT2D eigenvalue weighted by atomic mass is 10.0. The van der Waals surface area contributed by atoms with Crippen molar-refractivity contribution >= 4 is 50.3 Å². The number of aromatic nitrogens is 1. The highest BCUT2D eigenvalue weighted by molar-refractivity contribution is 7.92. The molecule has 0 saturated carbocycles. The lowest BCUT2D eigenvalue weighted by molar-refractivity contribution is 0.416. The van der Waals surface area contributed by atoms with Crippen molar-refractivity contribution in [1.82, 2.24) is 10.3 Å². The lowest BCUT2D eigenvalue weighted by Crippen LogP contribution is -2.29. The summed E-state index contributed by atoms with van der Waals surface area (Å²) in [5.74, 6) is 1.70. The van der Waals surface area contributed by atoms with Crippen molar-refractivity contribution < 1.29 is 17.6 Å². The van der Waals surface area contributed by atoms with E-state index in [-0.39, 0.29) is 6.04 Å². The molecule has 5 rings (SSSR count). The zero-order valence-corrected chi connectivity index (χ0v) is 23.2. The quantitative estimate of drug-likeness (QED) is 0.268. The van der Waals surface area contributed by atoms with Crippen molar-refractivity contribution in [2.75, 3.05) is 23.0 Å². The summed E-state index contributed by atoms with van der Waals surface area (Å²) in [6.07, 6.45) is 2.82. The Morgan fingerprint density at radius 2 is 1.95 bits per heavy atom. The van der Waals surface area contributed by atoms with Gasteiger partial charge in [-0.15, -0.1) is 0 Å². The summed E-state index contributed by atoms with van der Waals surface area (Å²) in [6.45, 7) is 1.95. The molecule has 8 nitrogen and oxygen atoms in total. The molecule has 0 spiro atoms. The third-order valence-corrected chi connectivity index (χ3v) is 7.62. The standard InChI is InChI=1S/C27H25ClN4O4S2/c1-16-18(7-6-8-19(16)28)22-12-13-23(36-22)26-25(21-9-4-5-14-29-21)30-27(37)32(26)17-10-11-20(24(15-17)35-2)31-38(3,33)34/h4-15,25-26,31H,1-3H3,(H,30,37). The first-order chi connectivity index (χ1) is 18.2. The third-order valence-electron chi connectivity index (χ3n) is 6.31. The van der Waals surface area contributed by atoms with E-state index >= 15 is 0 Å². The number of rotatable bonds is 7. The van der Waals surface area contributed by atoms with Gasteiger partial charge in [0.2, 0.25) is 10.0 Å². The Balaban J connectivity index is 1.61. The molecule has 1 fully saturated rings. The molecule has 4 aromatic rings. The SMILES string of the molecule is COc1cc(N2C(=S)NC(c3ccccn3)C2c2ccc(-c3cccc(Cl)c3C)o2)ccc1NS(C)(=O)=O. The number of hydrogen-bond acceptors (Lipinski definition) is 6. The second kappa shape index (κ2) is 10.3. The van der Waals surface area contributed by atoms with Crippen LogP contribution in [0.15, 0.2) is 77.3 Å². The van der Waals surface area contributed by atoms with Crippen LogP contribution in [-0.4, -0.2) is 31.9 Å². The van der Waals surface area contributed by atoms with Gasteiger partial charge in [0.1, 0.15) is 23.3 Å². The van der Waals surface area contributed by atoms with Gasteiger partial charge in [-0.3, -0.25) is 9.71 Å². The Kier molecular flexibility index (Phi) is 7.04. The topological polar surface area (TPSA) is 96.7 Å². The average Bonchev–Trinajstić information content (AvgIpc) is 3.50. The highest BCUT2D eigenvalue weighted by Gasteiger charge is 2.43. The van der Waals surface area contributed by atoms with Crippen LogP contribution < -0.4 is 19.7 Å². The van der Waals surface area contributed by atoms with E-state index in [0.29, 0.717) is 38.8 Å². The van der Waals surface area contributed by atoms with Crippen LogP contribution in [0.1, 0.15) is 29.1 Å². The van der Waals surface area contributed by atoms with Crippen LogP contribution in [0.5, 0.6) is 5.75 Å². The van der Waals surface area contributed by atoms with Crippen molar-refractivity contribution in [1.29, 1.82) is 0 Å². The van der Waals surface area contributed by atoms with Crippen LogP contribution in [0.25, 0.3) is 11.3 Å². The van der Waals surface area contributed by atoms with Crippen LogP contribution >= 0.6 is 23.8 Å². The number of anilines is 2. The van der Waals surface area contributed by atoms with Gasteiger partial charge in [0, 0.05) is 28.5 Å². The highest BCUT2D eigenvalue weighted by Crippen LogP contribution is 2.44. The number of hydrogen-bond donors (Lipinski definition) is 2. The van der Waals surface area contributed by atoms with E-state index in [4.69, 9.17) is 33.0 Å². The number of ether oxygens (including phenoxy) is 1. The number of nitrogens with zero attached hydrogens (tertiary/aromatic N) is 2. The van der Waals surface area contributed by atoms with Gasteiger partial charge in [-0.05, 0) is 67.2 Å². The molecule has 196 valence electrons. The molecule has 1 saturated heterocycles. The molecule has 1 aliphatic rings. The molecule has 2 aromatic heterocycles. The molecule has 2 atom stereocenters. The molecular formula is C27H25ClN4O4S2. The summed E-state index contributed by atoms with van der Waals surface area (Å²) in [6, 6.07) is 19.7. The van der Waals surface area contributed by atoms with Gasteiger partial charge in [-0.1, -0.05) is 29.8 Å². The minimum Gasteiger partial charge on any atom is -0.494 e. The average molecular weight is 569 g/mol. The molecule has 0 aliphatic carbocycles. The number of nitrogens with one attached hydrogen (secondary N) is 2. The zero-order valence-electron chi connectivity index (χ0n) is 20.8. The van der Waals surface area contributed by atoms with E-state index in [9.17, 15) is 8.42 Å². The number of sulfonamides is 1. The molecule has 0 amide bonds. The fourth-order valence-electron chi connectivity index (χ4n) is 4.57. The van der Waals surface area contributed by atoms with E-state index in [1.165, 1.54) is 7.11 Å². The van der Waals surface area contributed by atoms with Crippen molar-refractivity contribution in [2.24, 2.45) is 0 Å². The summed E-state index contributed by atoms with van der Waals surface area (Å²) >= 11 is 12.2. The second-order valence-electron chi connectivity index (χ2n) is 8.87. The Morgan fingerprint density at radius 1 is 1.13 bits per heavy atom. The summed E-state index contributed by atoms with van der Waals surface area (Å²) in [5, 5.41) is 4.51. The van der Waals surface area contributed by atoms with Gasteiger partial charge in [0.15, 0.2) is 5.11 Å². The third kappa shape index (κ3) is 5.07. The van der Waals surface area contributed by atoms with Gasteiger partial charge in [-0.25, -0.2) is 8.42 Å². The molecule has 2 aromatic carbocycles. The lowest BCUT2D eigenvalue weighted by Gasteiger charge is -2.27. The molecule has 0 bridgehead atoms. The van der Waals surface area contributed by atoms with E-state index in [0.717, 1.165) is 23.1 Å². The van der Waals surface area contributed by atoms with E-state index in [1.54, 1.807) is 24.4 Å². The van der Waals surface area contributed by atoms with Gasteiger partial charge in [0.05, 0.1) is 30.8 Å². The number of benzene rings is 2. The maximum Gasteiger partial charge on any atom is 0.229 e. The highest BCUT2D eigenvalue weighted by atomic mass is 35.5. The predicted molar refractivity (Wildman–Crippen MR) is 153 cm³/mol. The van der Waals surface area contributed by atoms with Gasteiger partial charge in [0.25, 0.3) is 0 Å². The second-order valence-corrected chi connectivity index (χ2v) is 11.4. The summed E-state index contributed by atoms with van der Waals surface area (Å²) in [4.78, 5) is 6.49. The van der Waals surface area contributed by atoms with Crippen LogP contribution in [-0.2, 0) is 10.0 Å². The predicted octanol–water partition coefficient (Wildman–Crippen LogP) is 5.86. The van der Waals surface area contributed by atoms with Crippen molar-refractivity contribution in [2.45, 2.75) is 19.0 Å². The molecular weight excluding hydrogens is 544 g/mol. The number of halogens is 1. The molecule has 2 N–H and O–H groups in total. The summed E-state index contributed by atoms with van der Waals surface area (Å²) < 4.78 is 38.1. The zero-order chi connectivity index (χ0) is 27.0. The molecule has 0 radical (unpaired) electrons. The maximum atomic E-state index is 11.8. The first-order valence-corrected chi connectivity index (χ1v) is 14.4. The largest absolute Gasteiger partial charge is 0.494 e. The van der Waals surface area contributed by atoms with Crippen LogP contribution in [0, 0.1) is 6.92 Å². The summed E-state index contributed by atoms with van der Waals surface area (Å²) in [7, 11) is -2.02. The fourth-order valence-corrected chi connectivity index (χ4v) is 5.66. The molecule has 2 unspecified atom stereocenters. The monoisotopic (exact) mass is 568 g/mol. The minimum absolute atomic E-state index is 0.317. The normalized spacial score (nSPS) is 17.4. The maximum absolute atomic E-state index is 11.8. The van der Waals surface area contributed by atoms with E-state index in [2.05, 4.69) is 15.0 Å². The van der Waals surface area contributed by atoms with Crippen LogP contribution in [0.3, 0.4) is 0 Å². The van der Waals surface area contributed by atoms with Crippen molar-refractivity contribution in [3.8, 4) is 17.1 Å². The van der Waals surface area contributed by atoms with Crippen molar-refractivity contribution in [3.05, 3.63) is 95.0 Å². The first-order valence-electron chi connectivity index (χ1n) is 11.7. The number of pyridine rings is 1. The minimum atomic E-state index is -3.50. The van der Waals surface area contributed by atoms with E-state index in [1.807, 2.05) is 60.4 Å². The molecule has 38 heavy (non-hydrogen) atoms.